The van der Waals surface area contributed by atoms with Crippen LogP contribution in [0, 0.1) is 11.6 Å². The SMILES string of the molecule is O=C(c1cnc(-c2ccccc2)nc1)N(Cc1ccco1)c1ccc(F)cc1F. The van der Waals surface area contributed by atoms with E-state index in [0.29, 0.717) is 11.6 Å². The number of carbonyl (C=O) groups excluding carboxylic acids is 1. The second kappa shape index (κ2) is 8.02. The van der Waals surface area contributed by atoms with Gasteiger partial charge in [-0.25, -0.2) is 18.7 Å². The van der Waals surface area contributed by atoms with Gasteiger partial charge < -0.3 is 4.42 Å². The minimum absolute atomic E-state index is 0.0329. The van der Waals surface area contributed by atoms with Gasteiger partial charge in [-0.05, 0) is 24.3 Å². The number of hydrogen-bond donors (Lipinski definition) is 0. The van der Waals surface area contributed by atoms with Crippen LogP contribution in [0.1, 0.15) is 16.1 Å². The van der Waals surface area contributed by atoms with Gasteiger partial charge in [0.05, 0.1) is 24.1 Å². The lowest BCUT2D eigenvalue weighted by Gasteiger charge is -2.22. The molecule has 0 unspecified atom stereocenters. The number of nitrogens with zero attached hydrogens (tertiary/aromatic N) is 3. The molecule has 0 fully saturated rings. The van der Waals surface area contributed by atoms with Crippen molar-refractivity contribution in [3.63, 3.8) is 0 Å². The van der Waals surface area contributed by atoms with Crippen LogP contribution < -0.4 is 4.90 Å². The number of furan rings is 1. The zero-order valence-electron chi connectivity index (χ0n) is 15.1. The molecule has 4 rings (SSSR count). The lowest BCUT2D eigenvalue weighted by atomic mass is 10.2. The van der Waals surface area contributed by atoms with E-state index in [0.717, 1.165) is 22.6 Å². The van der Waals surface area contributed by atoms with E-state index in [-0.39, 0.29) is 17.8 Å². The van der Waals surface area contributed by atoms with Crippen LogP contribution >= 0.6 is 0 Å². The van der Waals surface area contributed by atoms with E-state index in [9.17, 15) is 13.6 Å². The van der Waals surface area contributed by atoms with Gasteiger partial charge in [-0.3, -0.25) is 9.69 Å². The highest BCUT2D eigenvalue weighted by molar-refractivity contribution is 6.05. The average molecular weight is 391 g/mol. The van der Waals surface area contributed by atoms with E-state index in [2.05, 4.69) is 9.97 Å². The molecule has 4 aromatic rings. The largest absolute Gasteiger partial charge is 0.467 e. The lowest BCUT2D eigenvalue weighted by molar-refractivity contribution is 0.0981. The van der Waals surface area contributed by atoms with Crippen molar-refractivity contribution in [2.24, 2.45) is 0 Å². The number of rotatable bonds is 5. The Morgan fingerprint density at radius 2 is 1.72 bits per heavy atom. The van der Waals surface area contributed by atoms with Crippen LogP contribution in [0.3, 0.4) is 0 Å². The summed E-state index contributed by atoms with van der Waals surface area (Å²) in [5.74, 6) is -1.21. The molecular formula is C22H15F2N3O2. The Labute approximate surface area is 165 Å². The Balaban J connectivity index is 1.67. The number of anilines is 1. The molecule has 0 aliphatic rings. The third kappa shape index (κ3) is 4.03. The molecular weight excluding hydrogens is 376 g/mol. The van der Waals surface area contributed by atoms with E-state index in [1.54, 1.807) is 12.1 Å². The summed E-state index contributed by atoms with van der Waals surface area (Å²) in [6, 6.07) is 15.7. The highest BCUT2D eigenvalue weighted by atomic mass is 19.1. The van der Waals surface area contributed by atoms with Crippen molar-refractivity contribution in [3.05, 3.63) is 102 Å². The Morgan fingerprint density at radius 3 is 2.38 bits per heavy atom. The van der Waals surface area contributed by atoms with Gasteiger partial charge in [0, 0.05) is 24.0 Å². The van der Waals surface area contributed by atoms with Gasteiger partial charge in [0.2, 0.25) is 0 Å². The zero-order chi connectivity index (χ0) is 20.2. The molecule has 144 valence electrons. The molecule has 7 heteroatoms. The van der Waals surface area contributed by atoms with Crippen LogP contribution in [0.4, 0.5) is 14.5 Å². The van der Waals surface area contributed by atoms with Crippen molar-refractivity contribution < 1.29 is 18.0 Å². The van der Waals surface area contributed by atoms with Gasteiger partial charge in [-0.15, -0.1) is 0 Å². The van der Waals surface area contributed by atoms with Gasteiger partial charge >= 0.3 is 0 Å². The van der Waals surface area contributed by atoms with Gasteiger partial charge in [0.1, 0.15) is 17.4 Å². The summed E-state index contributed by atoms with van der Waals surface area (Å²) in [6.45, 7) is -0.0329. The molecule has 2 aromatic heterocycles. The van der Waals surface area contributed by atoms with Crippen LogP contribution in [-0.4, -0.2) is 15.9 Å². The summed E-state index contributed by atoms with van der Waals surface area (Å²) in [6.07, 6.45) is 4.22. The Bertz CT molecular complexity index is 1110. The summed E-state index contributed by atoms with van der Waals surface area (Å²) in [5.41, 5.74) is 0.906. The maximum absolute atomic E-state index is 14.4. The van der Waals surface area contributed by atoms with Crippen molar-refractivity contribution in [2.75, 3.05) is 4.90 Å². The van der Waals surface area contributed by atoms with Crippen LogP contribution in [-0.2, 0) is 6.54 Å². The molecule has 0 saturated carbocycles. The van der Waals surface area contributed by atoms with E-state index in [1.807, 2.05) is 30.3 Å². The third-order valence-corrected chi connectivity index (χ3v) is 4.27. The average Bonchev–Trinajstić information content (AvgIpc) is 3.26. The summed E-state index contributed by atoms with van der Waals surface area (Å²) < 4.78 is 33.0. The number of hydrogen-bond acceptors (Lipinski definition) is 4. The predicted molar refractivity (Wildman–Crippen MR) is 103 cm³/mol. The molecule has 0 saturated heterocycles. The van der Waals surface area contributed by atoms with E-state index in [4.69, 9.17) is 4.42 Å². The maximum Gasteiger partial charge on any atom is 0.261 e. The van der Waals surface area contributed by atoms with Crippen LogP contribution in [0.25, 0.3) is 11.4 Å². The quantitative estimate of drug-likeness (QED) is 0.487. The molecule has 0 radical (unpaired) electrons. The van der Waals surface area contributed by atoms with E-state index >= 15 is 0 Å². The second-order valence-electron chi connectivity index (χ2n) is 6.23. The van der Waals surface area contributed by atoms with Gasteiger partial charge in [0.25, 0.3) is 5.91 Å². The van der Waals surface area contributed by atoms with E-state index < -0.39 is 17.5 Å². The Hall–Kier alpha value is -3.87. The van der Waals surface area contributed by atoms with Gasteiger partial charge in [-0.2, -0.15) is 0 Å². The highest BCUT2D eigenvalue weighted by Crippen LogP contribution is 2.25. The van der Waals surface area contributed by atoms with Crippen molar-refractivity contribution in [1.29, 1.82) is 0 Å². The fourth-order valence-corrected chi connectivity index (χ4v) is 2.86. The van der Waals surface area contributed by atoms with Crippen LogP contribution in [0.15, 0.2) is 83.7 Å². The van der Waals surface area contributed by atoms with Crippen molar-refractivity contribution in [2.45, 2.75) is 6.54 Å². The number of benzene rings is 2. The first-order valence-electron chi connectivity index (χ1n) is 8.78. The van der Waals surface area contributed by atoms with Crippen molar-refractivity contribution >= 4 is 11.6 Å². The van der Waals surface area contributed by atoms with Crippen molar-refractivity contribution in [1.82, 2.24) is 9.97 Å². The molecule has 0 aliphatic heterocycles. The van der Waals surface area contributed by atoms with E-state index in [1.165, 1.54) is 24.7 Å². The Morgan fingerprint density at radius 1 is 0.966 bits per heavy atom. The molecule has 5 nitrogen and oxygen atoms in total. The first-order chi connectivity index (χ1) is 14.1. The molecule has 0 N–H and O–H groups in total. The summed E-state index contributed by atoms with van der Waals surface area (Å²) in [7, 11) is 0. The molecule has 0 aliphatic carbocycles. The van der Waals surface area contributed by atoms with Crippen molar-refractivity contribution in [3.8, 4) is 11.4 Å². The standard InChI is InChI=1S/C22H15F2N3O2/c23-17-8-9-20(19(24)11-17)27(14-18-7-4-10-29-18)22(28)16-12-25-21(26-13-16)15-5-2-1-3-6-15/h1-13H,14H2. The normalized spacial score (nSPS) is 10.7. The fraction of sp³-hybridized carbons (Fsp3) is 0.0455. The first-order valence-corrected chi connectivity index (χ1v) is 8.78. The molecule has 2 aromatic carbocycles. The molecule has 0 spiro atoms. The second-order valence-corrected chi connectivity index (χ2v) is 6.23. The van der Waals surface area contributed by atoms with Crippen LogP contribution in [0.5, 0.6) is 0 Å². The minimum atomic E-state index is -0.855. The number of aromatic nitrogens is 2. The number of carbonyl (C=O) groups is 1. The predicted octanol–water partition coefficient (Wildman–Crippen LogP) is 4.86. The third-order valence-electron chi connectivity index (χ3n) is 4.27. The topological polar surface area (TPSA) is 59.2 Å². The minimum Gasteiger partial charge on any atom is -0.467 e. The number of halogens is 2. The lowest BCUT2D eigenvalue weighted by Crippen LogP contribution is -2.31. The summed E-state index contributed by atoms with van der Waals surface area (Å²) in [5, 5.41) is 0. The highest BCUT2D eigenvalue weighted by Gasteiger charge is 2.23. The molecule has 1 amide bonds. The zero-order valence-corrected chi connectivity index (χ0v) is 15.1. The van der Waals surface area contributed by atoms with Gasteiger partial charge in [-0.1, -0.05) is 30.3 Å². The molecule has 0 atom stereocenters. The monoisotopic (exact) mass is 391 g/mol. The molecule has 2 heterocycles. The maximum atomic E-state index is 14.4. The summed E-state index contributed by atoms with van der Waals surface area (Å²) >= 11 is 0. The molecule has 29 heavy (non-hydrogen) atoms. The molecule has 0 bridgehead atoms. The van der Waals surface area contributed by atoms with Gasteiger partial charge in [0.15, 0.2) is 5.82 Å². The van der Waals surface area contributed by atoms with Crippen LogP contribution in [0.2, 0.25) is 0 Å². The summed E-state index contributed by atoms with van der Waals surface area (Å²) in [4.78, 5) is 22.7. The first kappa shape index (κ1) is 18.5. The smallest absolute Gasteiger partial charge is 0.261 e. The fourth-order valence-electron chi connectivity index (χ4n) is 2.86. The number of amides is 1. The Kier molecular flexibility index (Phi) is 5.11.